The van der Waals surface area contributed by atoms with E-state index in [-0.39, 0.29) is 10.4 Å². The van der Waals surface area contributed by atoms with E-state index in [1.54, 1.807) is 0 Å². The van der Waals surface area contributed by atoms with Gasteiger partial charge in [-0.1, -0.05) is 11.8 Å². The number of rotatable bonds is 1. The highest BCUT2D eigenvalue weighted by molar-refractivity contribution is 9.12. The van der Waals surface area contributed by atoms with E-state index in [4.69, 9.17) is 11.6 Å². The minimum absolute atomic E-state index is 0.248. The predicted molar refractivity (Wildman–Crippen MR) is 47.5 cm³/mol. The maximum atomic E-state index is 10.7. The minimum atomic E-state index is -0.450. The first-order valence-electron chi connectivity index (χ1n) is 2.70. The van der Waals surface area contributed by atoms with Gasteiger partial charge < -0.3 is 4.74 Å². The molecular formula is C7H6BrClO2. The molecule has 0 aliphatic heterocycles. The molecule has 0 spiro atoms. The number of halogens is 2. The van der Waals surface area contributed by atoms with Crippen molar-refractivity contribution in [2.75, 3.05) is 13.0 Å². The second-order valence-corrected chi connectivity index (χ2v) is 2.56. The van der Waals surface area contributed by atoms with Gasteiger partial charge in [0.15, 0.2) is 0 Å². The monoisotopic (exact) mass is 236 g/mol. The van der Waals surface area contributed by atoms with Gasteiger partial charge in [0.1, 0.15) is 4.48 Å². The molecule has 0 heterocycles. The first kappa shape index (κ1) is 10.5. The van der Waals surface area contributed by atoms with Crippen LogP contribution in [-0.2, 0) is 9.53 Å². The van der Waals surface area contributed by atoms with Crippen LogP contribution in [-0.4, -0.2) is 19.0 Å². The third kappa shape index (κ3) is 4.88. The first-order chi connectivity index (χ1) is 5.22. The van der Waals surface area contributed by atoms with Crippen LogP contribution in [0.2, 0.25) is 0 Å². The van der Waals surface area contributed by atoms with E-state index in [0.29, 0.717) is 0 Å². The lowest BCUT2D eigenvalue weighted by Gasteiger charge is -1.91. The Hall–Kier alpha value is -0.460. The van der Waals surface area contributed by atoms with Crippen molar-refractivity contribution >= 4 is 33.5 Å². The van der Waals surface area contributed by atoms with Crippen molar-refractivity contribution in [3.05, 3.63) is 10.6 Å². The molecule has 0 saturated carbocycles. The number of carbonyl (C=O) groups excluding carboxylic acids is 1. The Morgan fingerprint density at radius 3 is 2.91 bits per heavy atom. The highest BCUT2D eigenvalue weighted by Crippen LogP contribution is 2.04. The van der Waals surface area contributed by atoms with Crippen molar-refractivity contribution < 1.29 is 9.53 Å². The summed E-state index contributed by atoms with van der Waals surface area (Å²) in [6.07, 6.45) is 1.40. The molecular weight excluding hydrogens is 231 g/mol. The van der Waals surface area contributed by atoms with Crippen LogP contribution < -0.4 is 0 Å². The molecule has 0 saturated heterocycles. The standard InChI is InChI=1S/C7H6BrClO2/c1-11-7(10)6(8)4-2-3-5-9/h4H,5H2,1H3/b6-4-. The number of methoxy groups -OCH3 is 1. The number of allylic oxidation sites excluding steroid dienone is 1. The Morgan fingerprint density at radius 1 is 1.82 bits per heavy atom. The average molecular weight is 237 g/mol. The lowest BCUT2D eigenvalue weighted by atomic mass is 10.5. The van der Waals surface area contributed by atoms with E-state index in [1.807, 2.05) is 0 Å². The Morgan fingerprint density at radius 2 is 2.45 bits per heavy atom. The zero-order valence-electron chi connectivity index (χ0n) is 5.86. The summed E-state index contributed by atoms with van der Waals surface area (Å²) < 4.78 is 4.68. The second kappa shape index (κ2) is 6.26. The highest BCUT2D eigenvalue weighted by atomic mass is 79.9. The predicted octanol–water partition coefficient (Wildman–Crippen LogP) is 1.68. The van der Waals surface area contributed by atoms with E-state index in [0.717, 1.165) is 0 Å². The van der Waals surface area contributed by atoms with Gasteiger partial charge in [-0.2, -0.15) is 0 Å². The van der Waals surface area contributed by atoms with Crippen molar-refractivity contribution in [1.29, 1.82) is 0 Å². The van der Waals surface area contributed by atoms with Crippen LogP contribution >= 0.6 is 27.5 Å². The van der Waals surface area contributed by atoms with Gasteiger partial charge in [0.05, 0.1) is 13.0 Å². The molecule has 0 rings (SSSR count). The number of hydrogen-bond donors (Lipinski definition) is 0. The van der Waals surface area contributed by atoms with E-state index in [9.17, 15) is 4.79 Å². The molecule has 0 unspecified atom stereocenters. The summed E-state index contributed by atoms with van der Waals surface area (Å²) in [5.74, 6) is 4.92. The van der Waals surface area contributed by atoms with Gasteiger partial charge >= 0.3 is 5.97 Å². The summed E-state index contributed by atoms with van der Waals surface area (Å²) in [5.41, 5.74) is 0. The van der Waals surface area contributed by atoms with Crippen LogP contribution in [0.3, 0.4) is 0 Å². The van der Waals surface area contributed by atoms with Gasteiger partial charge in [0.25, 0.3) is 0 Å². The van der Waals surface area contributed by atoms with Crippen LogP contribution in [0.15, 0.2) is 10.6 Å². The molecule has 11 heavy (non-hydrogen) atoms. The largest absolute Gasteiger partial charge is 0.465 e. The fraction of sp³-hybridized carbons (Fsp3) is 0.286. The lowest BCUT2D eigenvalue weighted by Crippen LogP contribution is -1.98. The molecule has 2 nitrogen and oxygen atoms in total. The van der Waals surface area contributed by atoms with Crippen molar-refractivity contribution in [2.45, 2.75) is 0 Å². The number of esters is 1. The molecule has 0 aromatic heterocycles. The van der Waals surface area contributed by atoms with E-state index >= 15 is 0 Å². The van der Waals surface area contributed by atoms with E-state index in [1.165, 1.54) is 13.2 Å². The Labute approximate surface area is 78.7 Å². The van der Waals surface area contributed by atoms with Crippen LogP contribution in [0.4, 0.5) is 0 Å². The summed E-state index contributed by atoms with van der Waals surface area (Å²) in [6, 6.07) is 0. The van der Waals surface area contributed by atoms with Crippen molar-refractivity contribution in [1.82, 2.24) is 0 Å². The smallest absolute Gasteiger partial charge is 0.345 e. The zero-order valence-corrected chi connectivity index (χ0v) is 8.20. The maximum Gasteiger partial charge on any atom is 0.345 e. The molecule has 4 heteroatoms. The Bertz CT molecular complexity index is 224. The van der Waals surface area contributed by atoms with E-state index in [2.05, 4.69) is 32.5 Å². The third-order valence-electron chi connectivity index (χ3n) is 0.748. The summed E-state index contributed by atoms with van der Waals surface area (Å²) in [7, 11) is 1.30. The summed E-state index contributed by atoms with van der Waals surface area (Å²) >= 11 is 8.24. The molecule has 0 amide bonds. The van der Waals surface area contributed by atoms with Gasteiger partial charge in [-0.25, -0.2) is 4.79 Å². The van der Waals surface area contributed by atoms with E-state index < -0.39 is 5.97 Å². The average Bonchev–Trinajstić information content (AvgIpc) is 2.03. The van der Waals surface area contributed by atoms with Gasteiger partial charge in [0.2, 0.25) is 0 Å². The van der Waals surface area contributed by atoms with Gasteiger partial charge in [-0.3, -0.25) is 0 Å². The highest BCUT2D eigenvalue weighted by Gasteiger charge is 2.02. The number of hydrogen-bond acceptors (Lipinski definition) is 2. The van der Waals surface area contributed by atoms with Crippen molar-refractivity contribution in [3.8, 4) is 11.8 Å². The number of carbonyl (C=O) groups is 1. The van der Waals surface area contributed by atoms with Crippen LogP contribution in [0.5, 0.6) is 0 Å². The molecule has 0 atom stereocenters. The zero-order chi connectivity index (χ0) is 8.69. The number of ether oxygens (including phenoxy) is 1. The molecule has 0 aliphatic rings. The SMILES string of the molecule is COC(=O)/C(Br)=C/C#CCCl. The summed E-state index contributed by atoms with van der Waals surface area (Å²) in [4.78, 5) is 10.7. The topological polar surface area (TPSA) is 26.3 Å². The molecule has 0 radical (unpaired) electrons. The first-order valence-corrected chi connectivity index (χ1v) is 4.03. The molecule has 0 fully saturated rings. The normalized spacial score (nSPS) is 9.91. The molecule has 0 aliphatic carbocycles. The van der Waals surface area contributed by atoms with Gasteiger partial charge in [-0.05, 0) is 15.9 Å². The summed E-state index contributed by atoms with van der Waals surface area (Å²) in [6.45, 7) is 0. The second-order valence-electron chi connectivity index (χ2n) is 1.44. The molecule has 0 bridgehead atoms. The lowest BCUT2D eigenvalue weighted by molar-refractivity contribution is -0.135. The third-order valence-corrected chi connectivity index (χ3v) is 1.43. The Balaban J connectivity index is 4.11. The maximum absolute atomic E-state index is 10.7. The molecule has 0 aromatic carbocycles. The van der Waals surface area contributed by atoms with Crippen LogP contribution in [0.1, 0.15) is 0 Å². The molecule has 0 aromatic rings. The van der Waals surface area contributed by atoms with Gasteiger partial charge in [-0.15, -0.1) is 11.6 Å². The van der Waals surface area contributed by atoms with Crippen molar-refractivity contribution in [3.63, 3.8) is 0 Å². The van der Waals surface area contributed by atoms with Crippen molar-refractivity contribution in [2.24, 2.45) is 0 Å². The molecule has 0 N–H and O–H groups in total. The Kier molecular flexibility index (Phi) is 6.00. The van der Waals surface area contributed by atoms with Crippen LogP contribution in [0, 0.1) is 11.8 Å². The fourth-order valence-electron chi connectivity index (χ4n) is 0.309. The van der Waals surface area contributed by atoms with Crippen LogP contribution in [0.25, 0.3) is 0 Å². The fourth-order valence-corrected chi connectivity index (χ4v) is 0.663. The van der Waals surface area contributed by atoms with Gasteiger partial charge in [0, 0.05) is 6.08 Å². The minimum Gasteiger partial charge on any atom is -0.465 e. The number of alkyl halides is 1. The quantitative estimate of drug-likeness (QED) is 0.300. The molecule has 60 valence electrons. The summed E-state index contributed by atoms with van der Waals surface area (Å²) in [5, 5.41) is 0.